The molecule has 0 saturated carbocycles. The van der Waals surface area contributed by atoms with Gasteiger partial charge in [-0.2, -0.15) is 0 Å². The van der Waals surface area contributed by atoms with E-state index in [1.807, 2.05) is 13.0 Å². The molecule has 1 N–H and O–H groups in total. The summed E-state index contributed by atoms with van der Waals surface area (Å²) in [6.45, 7) is 2.65. The van der Waals surface area contributed by atoms with Gasteiger partial charge in [-0.25, -0.2) is 0 Å². The molecule has 1 rings (SSSR count). The van der Waals surface area contributed by atoms with E-state index >= 15 is 0 Å². The first-order valence-electron chi connectivity index (χ1n) is 5.75. The second kappa shape index (κ2) is 7.93. The van der Waals surface area contributed by atoms with Gasteiger partial charge in [-0.3, -0.25) is 4.79 Å². The van der Waals surface area contributed by atoms with E-state index in [0.29, 0.717) is 10.6 Å². The van der Waals surface area contributed by atoms with Crippen molar-refractivity contribution < 1.29 is 4.79 Å². The van der Waals surface area contributed by atoms with Gasteiger partial charge in [0.15, 0.2) is 0 Å². The maximum atomic E-state index is 11.9. The molecular formula is C13H17ClINO. The first kappa shape index (κ1) is 14.8. The maximum absolute atomic E-state index is 11.9. The Hall–Kier alpha value is -0.290. The summed E-state index contributed by atoms with van der Waals surface area (Å²) in [5.41, 5.74) is 1.63. The fourth-order valence-corrected chi connectivity index (χ4v) is 2.34. The van der Waals surface area contributed by atoms with Crippen LogP contribution in [0.5, 0.6) is 0 Å². The molecule has 2 nitrogen and oxygen atoms in total. The van der Waals surface area contributed by atoms with Gasteiger partial charge in [-0.1, -0.05) is 40.6 Å². The lowest BCUT2D eigenvalue weighted by Crippen LogP contribution is -2.25. The molecular weight excluding hydrogens is 349 g/mol. The quantitative estimate of drug-likeness (QED) is 0.461. The zero-order valence-electron chi connectivity index (χ0n) is 9.93. The van der Waals surface area contributed by atoms with E-state index in [-0.39, 0.29) is 5.91 Å². The largest absolute Gasteiger partial charge is 0.352 e. The Labute approximate surface area is 121 Å². The van der Waals surface area contributed by atoms with Gasteiger partial charge in [0, 0.05) is 17.1 Å². The fraction of sp³-hybridized carbons (Fsp3) is 0.462. The number of nitrogens with one attached hydrogen (secondary N) is 1. The summed E-state index contributed by atoms with van der Waals surface area (Å²) in [7, 11) is 0. The van der Waals surface area contributed by atoms with Crippen molar-refractivity contribution in [3.63, 3.8) is 0 Å². The van der Waals surface area contributed by atoms with Gasteiger partial charge in [-0.05, 0) is 48.0 Å². The number of rotatable bonds is 6. The predicted molar refractivity (Wildman–Crippen MR) is 81.3 cm³/mol. The highest BCUT2D eigenvalue weighted by Gasteiger charge is 2.07. The number of benzene rings is 1. The van der Waals surface area contributed by atoms with Crippen LogP contribution in [-0.4, -0.2) is 16.9 Å². The van der Waals surface area contributed by atoms with Gasteiger partial charge in [0.05, 0.1) is 0 Å². The molecule has 17 heavy (non-hydrogen) atoms. The van der Waals surface area contributed by atoms with Crippen LogP contribution < -0.4 is 5.32 Å². The van der Waals surface area contributed by atoms with Crippen molar-refractivity contribution in [2.24, 2.45) is 0 Å². The maximum Gasteiger partial charge on any atom is 0.251 e. The van der Waals surface area contributed by atoms with Gasteiger partial charge < -0.3 is 5.32 Å². The minimum absolute atomic E-state index is 0.00589. The van der Waals surface area contributed by atoms with Crippen LogP contribution in [0.1, 0.15) is 35.2 Å². The zero-order valence-corrected chi connectivity index (χ0v) is 12.8. The fourth-order valence-electron chi connectivity index (χ4n) is 1.58. The Bertz CT molecular complexity index is 382. The number of hydrogen-bond acceptors (Lipinski definition) is 1. The molecule has 1 aromatic rings. The molecule has 1 aromatic carbocycles. The number of hydrogen-bond donors (Lipinski definition) is 1. The second-order valence-electron chi connectivity index (χ2n) is 3.96. The predicted octanol–water partition coefficient (Wildman–Crippen LogP) is 3.98. The second-order valence-corrected chi connectivity index (χ2v) is 5.48. The van der Waals surface area contributed by atoms with E-state index in [1.165, 1.54) is 17.3 Å². The van der Waals surface area contributed by atoms with Crippen LogP contribution in [0.4, 0.5) is 0 Å². The van der Waals surface area contributed by atoms with Crippen molar-refractivity contribution >= 4 is 40.1 Å². The lowest BCUT2D eigenvalue weighted by atomic mass is 10.1. The molecule has 0 atom stereocenters. The molecule has 1 amide bonds. The summed E-state index contributed by atoms with van der Waals surface area (Å²) in [6.07, 6.45) is 3.43. The Kier molecular flexibility index (Phi) is 6.89. The summed E-state index contributed by atoms with van der Waals surface area (Å²) >= 11 is 8.22. The zero-order chi connectivity index (χ0) is 12.7. The van der Waals surface area contributed by atoms with E-state index in [0.717, 1.165) is 18.5 Å². The van der Waals surface area contributed by atoms with E-state index in [9.17, 15) is 4.79 Å². The molecule has 0 aromatic heterocycles. The first-order valence-corrected chi connectivity index (χ1v) is 7.66. The van der Waals surface area contributed by atoms with E-state index < -0.39 is 0 Å². The Morgan fingerprint density at radius 2 is 2.12 bits per heavy atom. The number of aryl methyl sites for hydroxylation is 1. The molecule has 94 valence electrons. The van der Waals surface area contributed by atoms with Gasteiger partial charge >= 0.3 is 0 Å². The van der Waals surface area contributed by atoms with Gasteiger partial charge in [0.1, 0.15) is 0 Å². The molecule has 0 bridgehead atoms. The van der Waals surface area contributed by atoms with Crippen molar-refractivity contribution in [1.82, 2.24) is 5.32 Å². The minimum Gasteiger partial charge on any atom is -0.352 e. The van der Waals surface area contributed by atoms with Crippen molar-refractivity contribution in [3.8, 4) is 0 Å². The Balaban J connectivity index is 2.42. The highest BCUT2D eigenvalue weighted by atomic mass is 127. The number of amides is 1. The van der Waals surface area contributed by atoms with E-state index in [4.69, 9.17) is 11.6 Å². The Morgan fingerprint density at radius 3 is 2.76 bits per heavy atom. The molecule has 4 heteroatoms. The molecule has 0 aliphatic carbocycles. The summed E-state index contributed by atoms with van der Waals surface area (Å²) in [4.78, 5) is 11.9. The highest BCUT2D eigenvalue weighted by Crippen LogP contribution is 2.15. The molecule has 0 saturated heterocycles. The standard InChI is InChI=1S/C13H17ClINO/c1-10-9-11(14)5-6-12(10)13(17)16-8-4-2-3-7-15/h5-6,9H,2-4,7-8H2,1H3,(H,16,17). The van der Waals surface area contributed by atoms with E-state index in [1.54, 1.807) is 12.1 Å². The minimum atomic E-state index is -0.00589. The number of carbonyl (C=O) groups is 1. The van der Waals surface area contributed by atoms with Crippen LogP contribution in [0, 0.1) is 6.92 Å². The lowest BCUT2D eigenvalue weighted by molar-refractivity contribution is 0.0952. The van der Waals surface area contributed by atoms with Crippen molar-refractivity contribution in [2.45, 2.75) is 26.2 Å². The van der Waals surface area contributed by atoms with Gasteiger partial charge in [-0.15, -0.1) is 0 Å². The first-order chi connectivity index (χ1) is 8.15. The van der Waals surface area contributed by atoms with Crippen LogP contribution in [-0.2, 0) is 0 Å². The van der Waals surface area contributed by atoms with Crippen LogP contribution in [0.2, 0.25) is 5.02 Å². The van der Waals surface area contributed by atoms with Crippen LogP contribution >= 0.6 is 34.2 Å². The average Bonchev–Trinajstić information content (AvgIpc) is 2.28. The normalized spacial score (nSPS) is 10.3. The lowest BCUT2D eigenvalue weighted by Gasteiger charge is -2.07. The summed E-state index contributed by atoms with van der Waals surface area (Å²) in [6, 6.07) is 5.34. The van der Waals surface area contributed by atoms with Crippen LogP contribution in [0.15, 0.2) is 18.2 Å². The molecule has 0 aliphatic heterocycles. The van der Waals surface area contributed by atoms with E-state index in [2.05, 4.69) is 27.9 Å². The smallest absolute Gasteiger partial charge is 0.251 e. The molecule has 0 unspecified atom stereocenters. The third kappa shape index (κ3) is 5.25. The summed E-state index contributed by atoms with van der Waals surface area (Å²) in [5, 5.41) is 3.60. The topological polar surface area (TPSA) is 29.1 Å². The molecule has 0 fully saturated rings. The van der Waals surface area contributed by atoms with Crippen LogP contribution in [0.3, 0.4) is 0 Å². The Morgan fingerprint density at radius 1 is 1.35 bits per heavy atom. The molecule has 0 radical (unpaired) electrons. The summed E-state index contributed by atoms with van der Waals surface area (Å²) in [5.74, 6) is -0.00589. The van der Waals surface area contributed by atoms with Crippen LogP contribution in [0.25, 0.3) is 0 Å². The molecule has 0 spiro atoms. The molecule has 0 aliphatic rings. The monoisotopic (exact) mass is 365 g/mol. The summed E-state index contributed by atoms with van der Waals surface area (Å²) < 4.78 is 1.18. The molecule has 0 heterocycles. The van der Waals surface area contributed by atoms with Crippen molar-refractivity contribution in [3.05, 3.63) is 34.3 Å². The van der Waals surface area contributed by atoms with Crippen molar-refractivity contribution in [1.29, 1.82) is 0 Å². The number of unbranched alkanes of at least 4 members (excludes halogenated alkanes) is 2. The average molecular weight is 366 g/mol. The van der Waals surface area contributed by atoms with Gasteiger partial charge in [0.25, 0.3) is 5.91 Å². The number of alkyl halides is 1. The third-order valence-electron chi connectivity index (χ3n) is 2.53. The highest BCUT2D eigenvalue weighted by molar-refractivity contribution is 14.1. The number of carbonyl (C=O) groups excluding carboxylic acids is 1. The number of halogens is 2. The third-order valence-corrected chi connectivity index (χ3v) is 3.53. The van der Waals surface area contributed by atoms with Gasteiger partial charge in [0.2, 0.25) is 0 Å². The van der Waals surface area contributed by atoms with Crippen molar-refractivity contribution in [2.75, 3.05) is 11.0 Å². The SMILES string of the molecule is Cc1cc(Cl)ccc1C(=O)NCCCCCI.